The number of aryl methyl sites for hydroxylation is 2. The Balaban J connectivity index is 1.56. The van der Waals surface area contributed by atoms with Crippen LogP contribution in [0.4, 0.5) is 0 Å². The zero-order valence-corrected chi connectivity index (χ0v) is 15.2. The molecule has 0 saturated carbocycles. The Hall–Kier alpha value is -3.35. The van der Waals surface area contributed by atoms with Gasteiger partial charge in [-0.25, -0.2) is 0 Å². The van der Waals surface area contributed by atoms with Gasteiger partial charge in [-0.05, 0) is 31.2 Å². The molecule has 0 aliphatic carbocycles. The number of rotatable bonds is 3. The summed E-state index contributed by atoms with van der Waals surface area (Å²) < 4.78 is 7.29. The van der Waals surface area contributed by atoms with Gasteiger partial charge in [0.1, 0.15) is 11.5 Å². The molecule has 2 N–H and O–H groups in total. The van der Waals surface area contributed by atoms with Crippen molar-refractivity contribution in [2.45, 2.75) is 19.9 Å². The predicted molar refractivity (Wildman–Crippen MR) is 99.1 cm³/mol. The van der Waals surface area contributed by atoms with Crippen LogP contribution in [0.5, 0.6) is 0 Å². The first-order chi connectivity index (χ1) is 12.9. The van der Waals surface area contributed by atoms with Gasteiger partial charge in [-0.1, -0.05) is 12.1 Å². The molecular formula is C20H20N4O3. The van der Waals surface area contributed by atoms with Crippen LogP contribution in [0.15, 0.2) is 40.8 Å². The molecule has 0 fully saturated rings. The number of amides is 2. The van der Waals surface area contributed by atoms with Crippen molar-refractivity contribution in [3.8, 4) is 11.3 Å². The van der Waals surface area contributed by atoms with E-state index in [0.29, 0.717) is 25.1 Å². The van der Waals surface area contributed by atoms with Crippen molar-refractivity contribution in [1.82, 2.24) is 14.7 Å². The first kappa shape index (κ1) is 17.1. The summed E-state index contributed by atoms with van der Waals surface area (Å²) in [7, 11) is 1.79. The molecule has 4 rings (SSSR count). The maximum atomic E-state index is 12.9. The third kappa shape index (κ3) is 3.01. The quantitative estimate of drug-likeness (QED) is 0.771. The summed E-state index contributed by atoms with van der Waals surface area (Å²) in [4.78, 5) is 26.3. The Morgan fingerprint density at radius 1 is 1.15 bits per heavy atom. The molecule has 7 heteroatoms. The Morgan fingerprint density at radius 3 is 2.52 bits per heavy atom. The van der Waals surface area contributed by atoms with Crippen LogP contribution in [-0.2, 0) is 20.0 Å². The van der Waals surface area contributed by atoms with E-state index in [1.165, 1.54) is 0 Å². The van der Waals surface area contributed by atoms with E-state index in [1.54, 1.807) is 28.8 Å². The highest BCUT2D eigenvalue weighted by atomic mass is 16.3. The Labute approximate surface area is 156 Å². The largest absolute Gasteiger partial charge is 0.461 e. The number of carbonyl (C=O) groups is 2. The van der Waals surface area contributed by atoms with Crippen molar-refractivity contribution in [2.24, 2.45) is 12.8 Å². The summed E-state index contributed by atoms with van der Waals surface area (Å²) >= 11 is 0. The third-order valence-corrected chi connectivity index (χ3v) is 4.92. The average Bonchev–Trinajstić information content (AvgIpc) is 3.25. The molecule has 0 radical (unpaired) electrons. The van der Waals surface area contributed by atoms with Gasteiger partial charge in [0, 0.05) is 42.4 Å². The molecule has 0 unspecified atom stereocenters. The molecule has 138 valence electrons. The SMILES string of the molecule is Cc1ccc(-c2ccc(C(=O)N3CCc4c(c(C(N)=O)nn4C)C3)cc2)o1. The standard InChI is InChI=1S/C20H20N4O3/c1-12-3-8-17(27-12)13-4-6-14(7-5-13)20(26)24-10-9-16-15(11-24)18(19(21)25)22-23(16)2/h3-8H,9-11H2,1-2H3,(H2,21,25). The molecule has 2 aromatic heterocycles. The first-order valence-corrected chi connectivity index (χ1v) is 8.74. The van der Waals surface area contributed by atoms with Crippen LogP contribution in [0.3, 0.4) is 0 Å². The van der Waals surface area contributed by atoms with E-state index >= 15 is 0 Å². The first-order valence-electron chi connectivity index (χ1n) is 8.74. The normalized spacial score (nSPS) is 13.5. The Bertz CT molecular complexity index is 1030. The van der Waals surface area contributed by atoms with Gasteiger partial charge in [-0.15, -0.1) is 0 Å². The fourth-order valence-corrected chi connectivity index (χ4v) is 3.51. The van der Waals surface area contributed by atoms with E-state index < -0.39 is 5.91 Å². The highest BCUT2D eigenvalue weighted by Gasteiger charge is 2.28. The monoisotopic (exact) mass is 364 g/mol. The molecular weight excluding hydrogens is 344 g/mol. The fourth-order valence-electron chi connectivity index (χ4n) is 3.51. The molecule has 2 amide bonds. The van der Waals surface area contributed by atoms with Crippen LogP contribution in [0.1, 0.15) is 37.9 Å². The third-order valence-electron chi connectivity index (χ3n) is 4.92. The van der Waals surface area contributed by atoms with Crippen LogP contribution in [0, 0.1) is 6.92 Å². The van der Waals surface area contributed by atoms with Crippen molar-refractivity contribution < 1.29 is 14.0 Å². The smallest absolute Gasteiger partial charge is 0.269 e. The summed E-state index contributed by atoms with van der Waals surface area (Å²) in [5.41, 5.74) is 8.89. The van der Waals surface area contributed by atoms with Gasteiger partial charge in [0.05, 0.1) is 6.54 Å². The predicted octanol–water partition coefficient (Wildman–Crippen LogP) is 2.29. The lowest BCUT2D eigenvalue weighted by molar-refractivity contribution is 0.0731. The second-order valence-corrected chi connectivity index (χ2v) is 6.73. The molecule has 0 saturated heterocycles. The lowest BCUT2D eigenvalue weighted by Crippen LogP contribution is -2.36. The minimum absolute atomic E-state index is 0.0814. The van der Waals surface area contributed by atoms with Crippen molar-refractivity contribution in [3.63, 3.8) is 0 Å². The second-order valence-electron chi connectivity index (χ2n) is 6.73. The maximum Gasteiger partial charge on any atom is 0.269 e. The van der Waals surface area contributed by atoms with Crippen LogP contribution in [-0.4, -0.2) is 33.0 Å². The molecule has 0 spiro atoms. The second kappa shape index (κ2) is 6.42. The maximum absolute atomic E-state index is 12.9. The van der Waals surface area contributed by atoms with E-state index in [0.717, 1.165) is 28.3 Å². The summed E-state index contributed by atoms with van der Waals surface area (Å²) in [5, 5.41) is 4.20. The topological polar surface area (TPSA) is 94.4 Å². The molecule has 0 atom stereocenters. The van der Waals surface area contributed by atoms with Crippen molar-refractivity contribution in [1.29, 1.82) is 0 Å². The molecule has 0 bridgehead atoms. The summed E-state index contributed by atoms with van der Waals surface area (Å²) in [6.45, 7) is 2.80. The van der Waals surface area contributed by atoms with E-state index in [1.807, 2.05) is 31.2 Å². The zero-order valence-electron chi connectivity index (χ0n) is 15.2. The number of hydrogen-bond donors (Lipinski definition) is 1. The molecule has 27 heavy (non-hydrogen) atoms. The molecule has 1 aliphatic rings. The summed E-state index contributed by atoms with van der Waals surface area (Å²) in [5.74, 6) is 0.966. The lowest BCUT2D eigenvalue weighted by atomic mass is 10.0. The number of fused-ring (bicyclic) bond motifs is 1. The number of nitrogens with two attached hydrogens (primary N) is 1. The van der Waals surface area contributed by atoms with E-state index in [-0.39, 0.29) is 11.6 Å². The van der Waals surface area contributed by atoms with Crippen molar-refractivity contribution >= 4 is 11.8 Å². The molecule has 1 aliphatic heterocycles. The van der Waals surface area contributed by atoms with Crippen molar-refractivity contribution in [3.05, 3.63) is 64.7 Å². The minimum atomic E-state index is -0.570. The number of benzene rings is 1. The number of aromatic nitrogens is 2. The number of furan rings is 1. The fraction of sp³-hybridized carbons (Fsp3) is 0.250. The Morgan fingerprint density at radius 2 is 1.89 bits per heavy atom. The number of primary amides is 1. The van der Waals surface area contributed by atoms with E-state index in [9.17, 15) is 9.59 Å². The number of hydrogen-bond acceptors (Lipinski definition) is 4. The van der Waals surface area contributed by atoms with Gasteiger partial charge in [0.15, 0.2) is 5.69 Å². The number of nitrogens with zero attached hydrogens (tertiary/aromatic N) is 3. The van der Waals surface area contributed by atoms with Crippen LogP contribution in [0.25, 0.3) is 11.3 Å². The lowest BCUT2D eigenvalue weighted by Gasteiger charge is -2.27. The average molecular weight is 364 g/mol. The minimum Gasteiger partial charge on any atom is -0.461 e. The van der Waals surface area contributed by atoms with E-state index in [2.05, 4.69) is 5.10 Å². The van der Waals surface area contributed by atoms with Crippen LogP contribution < -0.4 is 5.73 Å². The van der Waals surface area contributed by atoms with Crippen LogP contribution >= 0.6 is 0 Å². The highest BCUT2D eigenvalue weighted by Crippen LogP contribution is 2.25. The van der Waals surface area contributed by atoms with Crippen molar-refractivity contribution in [2.75, 3.05) is 6.54 Å². The van der Waals surface area contributed by atoms with E-state index in [4.69, 9.17) is 10.2 Å². The van der Waals surface area contributed by atoms with Gasteiger partial charge >= 0.3 is 0 Å². The van der Waals surface area contributed by atoms with Gasteiger partial charge < -0.3 is 15.1 Å². The number of carbonyl (C=O) groups excluding carboxylic acids is 2. The van der Waals surface area contributed by atoms with Crippen LogP contribution in [0.2, 0.25) is 0 Å². The van der Waals surface area contributed by atoms with Gasteiger partial charge in [0.25, 0.3) is 11.8 Å². The molecule has 7 nitrogen and oxygen atoms in total. The molecule has 1 aromatic carbocycles. The Kier molecular flexibility index (Phi) is 4.07. The van der Waals surface area contributed by atoms with Gasteiger partial charge in [-0.2, -0.15) is 5.10 Å². The van der Waals surface area contributed by atoms with Gasteiger partial charge in [0.2, 0.25) is 0 Å². The highest BCUT2D eigenvalue weighted by molar-refractivity contribution is 5.96. The molecule has 3 aromatic rings. The van der Waals surface area contributed by atoms with Gasteiger partial charge in [-0.3, -0.25) is 14.3 Å². The summed E-state index contributed by atoms with van der Waals surface area (Å²) in [6, 6.07) is 11.2. The molecule has 3 heterocycles. The summed E-state index contributed by atoms with van der Waals surface area (Å²) in [6.07, 6.45) is 0.640. The zero-order chi connectivity index (χ0) is 19.1.